The summed E-state index contributed by atoms with van der Waals surface area (Å²) in [6, 6.07) is 6.67. The van der Waals surface area contributed by atoms with E-state index >= 15 is 0 Å². The van der Waals surface area contributed by atoms with Crippen LogP contribution in [0.2, 0.25) is 0 Å². The molecular weight excluding hydrogens is 241 g/mol. The summed E-state index contributed by atoms with van der Waals surface area (Å²) in [5.41, 5.74) is 2.29. The molecule has 0 saturated carbocycles. The molecule has 0 fully saturated rings. The Morgan fingerprint density at radius 2 is 2.11 bits per heavy atom. The standard InChI is InChI=1S/C15H18FN3/c1-3-8-17-14(12-7-6-11(2)19-10-12)15-13(16)5-4-9-18-15/h4-7,9-10,14,17H,3,8H2,1-2H3. The molecule has 0 aliphatic rings. The number of nitrogens with one attached hydrogen (secondary N) is 1. The third-order valence-electron chi connectivity index (χ3n) is 2.93. The summed E-state index contributed by atoms with van der Waals surface area (Å²) in [5, 5.41) is 3.32. The van der Waals surface area contributed by atoms with Crippen LogP contribution in [-0.4, -0.2) is 16.5 Å². The van der Waals surface area contributed by atoms with E-state index in [1.165, 1.54) is 6.07 Å². The van der Waals surface area contributed by atoms with Gasteiger partial charge in [-0.2, -0.15) is 0 Å². The monoisotopic (exact) mass is 259 g/mol. The first-order valence-corrected chi connectivity index (χ1v) is 6.48. The highest BCUT2D eigenvalue weighted by molar-refractivity contribution is 5.27. The maximum atomic E-state index is 13.9. The number of nitrogens with zero attached hydrogens (tertiary/aromatic N) is 2. The van der Waals surface area contributed by atoms with Crippen LogP contribution >= 0.6 is 0 Å². The van der Waals surface area contributed by atoms with Gasteiger partial charge in [-0.25, -0.2) is 4.39 Å². The molecule has 19 heavy (non-hydrogen) atoms. The van der Waals surface area contributed by atoms with Crippen LogP contribution in [-0.2, 0) is 0 Å². The zero-order valence-corrected chi connectivity index (χ0v) is 11.2. The molecule has 0 aliphatic carbocycles. The minimum Gasteiger partial charge on any atom is -0.305 e. The largest absolute Gasteiger partial charge is 0.305 e. The van der Waals surface area contributed by atoms with E-state index in [1.807, 2.05) is 19.1 Å². The van der Waals surface area contributed by atoms with E-state index in [2.05, 4.69) is 22.2 Å². The second kappa shape index (κ2) is 6.38. The van der Waals surface area contributed by atoms with E-state index in [0.717, 1.165) is 24.2 Å². The smallest absolute Gasteiger partial charge is 0.146 e. The van der Waals surface area contributed by atoms with Crippen molar-refractivity contribution in [3.8, 4) is 0 Å². The van der Waals surface area contributed by atoms with E-state index in [1.54, 1.807) is 18.5 Å². The molecule has 0 amide bonds. The first kappa shape index (κ1) is 13.6. The van der Waals surface area contributed by atoms with Crippen LogP contribution in [0.25, 0.3) is 0 Å². The van der Waals surface area contributed by atoms with Crippen LogP contribution in [0.15, 0.2) is 36.7 Å². The molecule has 2 rings (SSSR count). The van der Waals surface area contributed by atoms with E-state index in [4.69, 9.17) is 0 Å². The van der Waals surface area contributed by atoms with Crippen molar-refractivity contribution in [2.75, 3.05) is 6.54 Å². The molecule has 2 aromatic heterocycles. The summed E-state index contributed by atoms with van der Waals surface area (Å²) in [5.74, 6) is -0.295. The second-order valence-electron chi connectivity index (χ2n) is 4.49. The molecule has 1 atom stereocenters. The zero-order chi connectivity index (χ0) is 13.7. The lowest BCUT2D eigenvalue weighted by Crippen LogP contribution is -2.25. The quantitative estimate of drug-likeness (QED) is 0.897. The van der Waals surface area contributed by atoms with Crippen molar-refractivity contribution >= 4 is 0 Å². The van der Waals surface area contributed by atoms with E-state index in [0.29, 0.717) is 5.69 Å². The SMILES string of the molecule is CCCNC(c1ccc(C)nc1)c1ncccc1F. The number of pyridine rings is 2. The van der Waals surface area contributed by atoms with E-state index in [9.17, 15) is 4.39 Å². The highest BCUT2D eigenvalue weighted by Gasteiger charge is 2.18. The number of rotatable bonds is 5. The number of hydrogen-bond donors (Lipinski definition) is 1. The van der Waals surface area contributed by atoms with Crippen molar-refractivity contribution in [2.24, 2.45) is 0 Å². The van der Waals surface area contributed by atoms with Gasteiger partial charge in [0.15, 0.2) is 0 Å². The van der Waals surface area contributed by atoms with Gasteiger partial charge in [-0.1, -0.05) is 13.0 Å². The van der Waals surface area contributed by atoms with Crippen molar-refractivity contribution in [1.29, 1.82) is 0 Å². The molecule has 0 aromatic carbocycles. The fourth-order valence-electron chi connectivity index (χ4n) is 1.92. The van der Waals surface area contributed by atoms with Gasteiger partial charge in [-0.3, -0.25) is 9.97 Å². The molecule has 100 valence electrons. The Morgan fingerprint density at radius 3 is 2.74 bits per heavy atom. The highest BCUT2D eigenvalue weighted by atomic mass is 19.1. The third kappa shape index (κ3) is 3.35. The van der Waals surface area contributed by atoms with Gasteiger partial charge in [0.2, 0.25) is 0 Å². The van der Waals surface area contributed by atoms with E-state index < -0.39 is 0 Å². The van der Waals surface area contributed by atoms with Gasteiger partial charge in [0.25, 0.3) is 0 Å². The average Bonchev–Trinajstić information content (AvgIpc) is 2.43. The Kier molecular flexibility index (Phi) is 4.58. The van der Waals surface area contributed by atoms with Gasteiger partial charge in [0.05, 0.1) is 11.7 Å². The summed E-state index contributed by atoms with van der Waals surface area (Å²) >= 11 is 0. The summed E-state index contributed by atoms with van der Waals surface area (Å²) in [6.07, 6.45) is 4.36. The number of aryl methyl sites for hydroxylation is 1. The lowest BCUT2D eigenvalue weighted by Gasteiger charge is -2.18. The molecule has 0 spiro atoms. The van der Waals surface area contributed by atoms with Crippen LogP contribution < -0.4 is 5.32 Å². The summed E-state index contributed by atoms with van der Waals surface area (Å²) in [4.78, 5) is 8.44. The first-order valence-electron chi connectivity index (χ1n) is 6.48. The van der Waals surface area contributed by atoms with Crippen molar-refractivity contribution in [3.63, 3.8) is 0 Å². The highest BCUT2D eigenvalue weighted by Crippen LogP contribution is 2.22. The van der Waals surface area contributed by atoms with Crippen molar-refractivity contribution in [2.45, 2.75) is 26.3 Å². The first-order chi connectivity index (χ1) is 9.22. The van der Waals surface area contributed by atoms with Crippen LogP contribution in [0.4, 0.5) is 4.39 Å². The Labute approximate surface area is 112 Å². The maximum Gasteiger partial charge on any atom is 0.146 e. The number of aromatic nitrogens is 2. The fourth-order valence-corrected chi connectivity index (χ4v) is 1.92. The molecule has 0 bridgehead atoms. The zero-order valence-electron chi connectivity index (χ0n) is 11.2. The Morgan fingerprint density at radius 1 is 1.26 bits per heavy atom. The van der Waals surface area contributed by atoms with Gasteiger partial charge in [0, 0.05) is 18.1 Å². The molecule has 3 nitrogen and oxygen atoms in total. The van der Waals surface area contributed by atoms with Crippen molar-refractivity contribution in [3.05, 3.63) is 59.4 Å². The molecule has 2 aromatic rings. The molecule has 1 N–H and O–H groups in total. The topological polar surface area (TPSA) is 37.8 Å². The average molecular weight is 259 g/mol. The van der Waals surface area contributed by atoms with Crippen LogP contribution in [0.1, 0.15) is 36.3 Å². The summed E-state index contributed by atoms with van der Waals surface area (Å²) < 4.78 is 13.9. The second-order valence-corrected chi connectivity index (χ2v) is 4.49. The normalized spacial score (nSPS) is 12.4. The maximum absolute atomic E-state index is 13.9. The molecule has 0 aliphatic heterocycles. The van der Waals surface area contributed by atoms with Gasteiger partial charge in [-0.15, -0.1) is 0 Å². The number of halogens is 1. The minimum absolute atomic E-state index is 0.255. The van der Waals surface area contributed by atoms with Crippen LogP contribution in [0, 0.1) is 12.7 Å². The van der Waals surface area contributed by atoms with Crippen molar-refractivity contribution < 1.29 is 4.39 Å². The minimum atomic E-state index is -0.295. The molecule has 2 heterocycles. The van der Waals surface area contributed by atoms with Gasteiger partial charge >= 0.3 is 0 Å². The molecule has 0 radical (unpaired) electrons. The van der Waals surface area contributed by atoms with Crippen LogP contribution in [0.5, 0.6) is 0 Å². The Balaban J connectivity index is 2.35. The van der Waals surface area contributed by atoms with Crippen molar-refractivity contribution in [1.82, 2.24) is 15.3 Å². The fraction of sp³-hybridized carbons (Fsp3) is 0.333. The Hall–Kier alpha value is -1.81. The van der Waals surface area contributed by atoms with Crippen LogP contribution in [0.3, 0.4) is 0 Å². The van der Waals surface area contributed by atoms with Gasteiger partial charge in [0.1, 0.15) is 5.82 Å². The molecule has 4 heteroatoms. The summed E-state index contributed by atoms with van der Waals surface area (Å²) in [6.45, 7) is 4.81. The molecule has 0 saturated heterocycles. The number of hydrogen-bond acceptors (Lipinski definition) is 3. The molecule has 1 unspecified atom stereocenters. The predicted octanol–water partition coefficient (Wildman–Crippen LogP) is 3.01. The Bertz CT molecular complexity index is 525. The molecular formula is C15H18FN3. The van der Waals surface area contributed by atoms with E-state index in [-0.39, 0.29) is 11.9 Å². The summed E-state index contributed by atoms with van der Waals surface area (Å²) in [7, 11) is 0. The lowest BCUT2D eigenvalue weighted by atomic mass is 10.0. The van der Waals surface area contributed by atoms with Gasteiger partial charge in [-0.05, 0) is 43.7 Å². The third-order valence-corrected chi connectivity index (χ3v) is 2.93. The lowest BCUT2D eigenvalue weighted by molar-refractivity contribution is 0.530. The predicted molar refractivity (Wildman–Crippen MR) is 73.3 cm³/mol. The van der Waals surface area contributed by atoms with Gasteiger partial charge < -0.3 is 5.32 Å².